The predicted octanol–water partition coefficient (Wildman–Crippen LogP) is 5.57. The van der Waals surface area contributed by atoms with Gasteiger partial charge in [0.15, 0.2) is 0 Å². The average molecular weight is 307 g/mol. The minimum Gasteiger partial charge on any atom is -0.326 e. The van der Waals surface area contributed by atoms with Gasteiger partial charge in [-0.05, 0) is 43.2 Å². The van der Waals surface area contributed by atoms with Gasteiger partial charge in [-0.25, -0.2) is 4.98 Å². The van der Waals surface area contributed by atoms with Gasteiger partial charge in [0.2, 0.25) is 0 Å². The Hall–Kier alpha value is -1.02. The summed E-state index contributed by atoms with van der Waals surface area (Å²) in [6, 6.07) is 6.39. The lowest BCUT2D eigenvalue weighted by molar-refractivity contribution is 0.252. The van der Waals surface area contributed by atoms with Crippen molar-refractivity contribution in [2.75, 3.05) is 0 Å². The molecule has 0 aliphatic heterocycles. The molecule has 1 aromatic heterocycles. The highest BCUT2D eigenvalue weighted by Crippen LogP contribution is 2.30. The van der Waals surface area contributed by atoms with E-state index in [1.165, 1.54) is 11.1 Å². The van der Waals surface area contributed by atoms with Gasteiger partial charge in [0, 0.05) is 6.54 Å². The molecular weight excluding hydrogens is 280 g/mol. The average Bonchev–Trinajstić information content (AvgIpc) is 2.75. The molecule has 0 aliphatic carbocycles. The lowest BCUT2D eigenvalue weighted by atomic mass is 9.85. The molecule has 21 heavy (non-hydrogen) atoms. The van der Waals surface area contributed by atoms with Crippen LogP contribution in [0, 0.1) is 24.7 Å². The quantitative estimate of drug-likeness (QED) is 0.660. The van der Waals surface area contributed by atoms with E-state index in [0.717, 1.165) is 17.9 Å². The summed E-state index contributed by atoms with van der Waals surface area (Å²) in [6.07, 6.45) is 0. The number of benzene rings is 1. The molecule has 2 aromatic rings. The van der Waals surface area contributed by atoms with E-state index in [4.69, 9.17) is 16.6 Å². The third-order valence-corrected chi connectivity index (χ3v) is 4.67. The Kier molecular flexibility index (Phi) is 4.98. The maximum atomic E-state index is 6.39. The number of alkyl halides is 1. The highest BCUT2D eigenvalue weighted by Gasteiger charge is 2.23. The maximum Gasteiger partial charge on any atom is 0.127 e. The molecule has 0 saturated heterocycles. The highest BCUT2D eigenvalue weighted by molar-refractivity contribution is 6.20. The first kappa shape index (κ1) is 16.4. The van der Waals surface area contributed by atoms with E-state index in [1.54, 1.807) is 0 Å². The first-order valence-corrected chi connectivity index (χ1v) is 8.36. The van der Waals surface area contributed by atoms with Gasteiger partial charge in [0.1, 0.15) is 5.82 Å². The smallest absolute Gasteiger partial charge is 0.127 e. The zero-order chi connectivity index (χ0) is 15.7. The molecule has 0 saturated carbocycles. The zero-order valence-corrected chi connectivity index (χ0v) is 14.8. The Morgan fingerprint density at radius 2 is 1.71 bits per heavy atom. The number of imidazole rings is 1. The van der Waals surface area contributed by atoms with Crippen LogP contribution in [-0.2, 0) is 6.54 Å². The predicted molar refractivity (Wildman–Crippen MR) is 91.9 cm³/mol. The molecule has 0 fully saturated rings. The Bertz CT molecular complexity index is 603. The summed E-state index contributed by atoms with van der Waals surface area (Å²) < 4.78 is 2.34. The summed E-state index contributed by atoms with van der Waals surface area (Å²) in [5.41, 5.74) is 3.52. The summed E-state index contributed by atoms with van der Waals surface area (Å²) in [4.78, 5) is 4.81. The molecule has 1 heterocycles. The van der Waals surface area contributed by atoms with Crippen molar-refractivity contribution in [2.24, 2.45) is 17.8 Å². The van der Waals surface area contributed by atoms with Crippen molar-refractivity contribution in [3.63, 3.8) is 0 Å². The van der Waals surface area contributed by atoms with Gasteiger partial charge in [-0.15, -0.1) is 11.6 Å². The van der Waals surface area contributed by atoms with Crippen LogP contribution in [0.3, 0.4) is 0 Å². The second-order valence-electron chi connectivity index (χ2n) is 6.79. The lowest BCUT2D eigenvalue weighted by Gasteiger charge is -2.26. The Balaban J connectivity index is 2.55. The van der Waals surface area contributed by atoms with Gasteiger partial charge in [-0.3, -0.25) is 0 Å². The van der Waals surface area contributed by atoms with Crippen molar-refractivity contribution < 1.29 is 0 Å². The van der Waals surface area contributed by atoms with Crippen LogP contribution in [0.1, 0.15) is 51.4 Å². The normalized spacial score (nSPS) is 13.8. The third-order valence-electron chi connectivity index (χ3n) is 4.47. The molecule has 1 aromatic carbocycles. The summed E-state index contributed by atoms with van der Waals surface area (Å²) >= 11 is 6.39. The highest BCUT2D eigenvalue weighted by atomic mass is 35.5. The number of hydrogen-bond donors (Lipinski definition) is 0. The van der Waals surface area contributed by atoms with Gasteiger partial charge in [0.05, 0.1) is 16.4 Å². The number of halogens is 1. The van der Waals surface area contributed by atoms with Gasteiger partial charge in [0.25, 0.3) is 0 Å². The van der Waals surface area contributed by atoms with Crippen molar-refractivity contribution in [2.45, 2.75) is 53.5 Å². The first-order chi connectivity index (χ1) is 9.82. The fourth-order valence-electron chi connectivity index (χ4n) is 3.20. The van der Waals surface area contributed by atoms with Crippen molar-refractivity contribution in [1.82, 2.24) is 9.55 Å². The third kappa shape index (κ3) is 3.26. The summed E-state index contributed by atoms with van der Waals surface area (Å²) in [7, 11) is 0. The van der Waals surface area contributed by atoms with Crippen LogP contribution < -0.4 is 0 Å². The van der Waals surface area contributed by atoms with E-state index < -0.39 is 0 Å². The molecule has 0 amide bonds. The van der Waals surface area contributed by atoms with Gasteiger partial charge in [-0.1, -0.05) is 39.8 Å². The monoisotopic (exact) mass is 306 g/mol. The fourth-order valence-corrected chi connectivity index (χ4v) is 3.37. The molecule has 116 valence electrons. The topological polar surface area (TPSA) is 17.8 Å². The Morgan fingerprint density at radius 1 is 1.10 bits per heavy atom. The molecule has 0 radical (unpaired) electrons. The molecule has 3 heteroatoms. The van der Waals surface area contributed by atoms with Crippen LogP contribution in [-0.4, -0.2) is 9.55 Å². The Labute approximate surface area is 133 Å². The number of rotatable bonds is 5. The minimum atomic E-state index is -0.0724. The molecular formula is C18H27ClN2. The number of aromatic nitrogens is 2. The van der Waals surface area contributed by atoms with Gasteiger partial charge in [-0.2, -0.15) is 0 Å². The SMILES string of the molecule is Cc1cccc2c1nc(C(C)Cl)n2CC(C(C)C)C(C)C. The lowest BCUT2D eigenvalue weighted by Crippen LogP contribution is -2.23. The number of para-hydroxylation sites is 1. The number of aryl methyl sites for hydroxylation is 1. The van der Waals surface area contributed by atoms with Crippen LogP contribution >= 0.6 is 11.6 Å². The van der Waals surface area contributed by atoms with E-state index in [-0.39, 0.29) is 5.38 Å². The van der Waals surface area contributed by atoms with Crippen molar-refractivity contribution in [3.8, 4) is 0 Å². The molecule has 1 unspecified atom stereocenters. The van der Waals surface area contributed by atoms with Gasteiger partial charge < -0.3 is 4.57 Å². The zero-order valence-electron chi connectivity index (χ0n) is 14.0. The molecule has 0 aliphatic rings. The maximum absolute atomic E-state index is 6.39. The molecule has 0 spiro atoms. The van der Waals surface area contributed by atoms with Crippen LogP contribution in [0.2, 0.25) is 0 Å². The van der Waals surface area contributed by atoms with Crippen LogP contribution in [0.4, 0.5) is 0 Å². The number of fused-ring (bicyclic) bond motifs is 1. The fraction of sp³-hybridized carbons (Fsp3) is 0.611. The standard InChI is InChI=1S/C18H27ClN2/c1-11(2)15(12(3)4)10-21-16-9-7-8-13(5)17(16)20-18(21)14(6)19/h7-9,11-12,14-15H,10H2,1-6H3. The molecule has 2 rings (SSSR count). The van der Waals surface area contributed by atoms with Crippen molar-refractivity contribution in [1.29, 1.82) is 0 Å². The van der Waals surface area contributed by atoms with E-state index in [1.807, 2.05) is 6.92 Å². The van der Waals surface area contributed by atoms with Gasteiger partial charge >= 0.3 is 0 Å². The number of nitrogens with zero attached hydrogens (tertiary/aromatic N) is 2. The second-order valence-corrected chi connectivity index (χ2v) is 7.45. The summed E-state index contributed by atoms with van der Waals surface area (Å²) in [6.45, 7) is 14.3. The van der Waals surface area contributed by atoms with Crippen molar-refractivity contribution >= 4 is 22.6 Å². The molecule has 0 N–H and O–H groups in total. The molecule has 0 bridgehead atoms. The Morgan fingerprint density at radius 3 is 2.24 bits per heavy atom. The second kappa shape index (κ2) is 6.39. The van der Waals surface area contributed by atoms with Crippen LogP contribution in [0.5, 0.6) is 0 Å². The van der Waals surface area contributed by atoms with Crippen molar-refractivity contribution in [3.05, 3.63) is 29.6 Å². The van der Waals surface area contributed by atoms with E-state index in [2.05, 4.69) is 57.4 Å². The van der Waals surface area contributed by atoms with Crippen LogP contribution in [0.25, 0.3) is 11.0 Å². The van der Waals surface area contributed by atoms with E-state index >= 15 is 0 Å². The van der Waals surface area contributed by atoms with E-state index in [0.29, 0.717) is 17.8 Å². The summed E-state index contributed by atoms with van der Waals surface area (Å²) in [5.74, 6) is 2.90. The first-order valence-electron chi connectivity index (χ1n) is 7.92. The summed E-state index contributed by atoms with van der Waals surface area (Å²) in [5, 5.41) is -0.0724. The molecule has 1 atom stereocenters. The molecule has 2 nitrogen and oxygen atoms in total. The van der Waals surface area contributed by atoms with Crippen LogP contribution in [0.15, 0.2) is 18.2 Å². The minimum absolute atomic E-state index is 0.0724. The largest absolute Gasteiger partial charge is 0.326 e. The van der Waals surface area contributed by atoms with E-state index in [9.17, 15) is 0 Å². The number of hydrogen-bond acceptors (Lipinski definition) is 1.